The Morgan fingerprint density at radius 1 is 0.864 bits per heavy atom. The molecular weight excluding hydrogens is 554 g/mol. The fourth-order valence-electron chi connectivity index (χ4n) is 6.79. The predicted molar refractivity (Wildman–Crippen MR) is 169 cm³/mol. The number of fused-ring (bicyclic) bond motifs is 1. The van der Waals surface area contributed by atoms with Crippen LogP contribution in [0.5, 0.6) is 0 Å². The Bertz CT molecular complexity index is 1610. The van der Waals surface area contributed by atoms with Crippen LogP contribution < -0.4 is 16.4 Å². The van der Waals surface area contributed by atoms with Crippen LogP contribution in [0.3, 0.4) is 0 Å². The zero-order chi connectivity index (χ0) is 30.0. The fourth-order valence-corrected chi connectivity index (χ4v) is 6.79. The molecule has 1 unspecified atom stereocenters. The van der Waals surface area contributed by atoms with E-state index >= 15 is 0 Å². The van der Waals surface area contributed by atoms with Crippen molar-refractivity contribution in [1.82, 2.24) is 29.3 Å². The minimum atomic E-state index is -1.01. The lowest BCUT2D eigenvalue weighted by Crippen LogP contribution is -2.33. The number of aromatic nitrogens is 6. The molecule has 11 heteroatoms. The number of imidazole rings is 1. The summed E-state index contributed by atoms with van der Waals surface area (Å²) in [4.78, 5) is 14.6. The molecule has 2 aliphatic carbocycles. The molecule has 3 heterocycles. The van der Waals surface area contributed by atoms with Crippen molar-refractivity contribution in [1.29, 1.82) is 0 Å². The van der Waals surface area contributed by atoms with Crippen LogP contribution in [0.1, 0.15) is 61.2 Å². The Kier molecular flexibility index (Phi) is 7.99. The number of rotatable bonds is 9. The first-order valence-corrected chi connectivity index (χ1v) is 15.5. The normalized spacial score (nSPS) is 25.5. The molecule has 2 fully saturated rings. The van der Waals surface area contributed by atoms with Gasteiger partial charge in [0.05, 0.1) is 18.4 Å². The number of nitrogens with two attached hydrogens (primary N) is 1. The summed E-state index contributed by atoms with van der Waals surface area (Å²) in [5.74, 6) is 1.22. The van der Waals surface area contributed by atoms with Gasteiger partial charge in [0.2, 0.25) is 5.95 Å². The number of nitrogens with one attached hydrogen (secondary N) is 2. The summed E-state index contributed by atoms with van der Waals surface area (Å²) in [5, 5.41) is 33.6. The summed E-state index contributed by atoms with van der Waals surface area (Å²) >= 11 is 0. The van der Waals surface area contributed by atoms with Crippen molar-refractivity contribution in [3.05, 3.63) is 96.6 Å². The van der Waals surface area contributed by atoms with E-state index in [-0.39, 0.29) is 24.0 Å². The third-order valence-electron chi connectivity index (χ3n) is 9.25. The molecule has 0 saturated heterocycles. The maximum atomic E-state index is 11.2. The zero-order valence-corrected chi connectivity index (χ0v) is 24.5. The van der Waals surface area contributed by atoms with Gasteiger partial charge >= 0.3 is 0 Å². The van der Waals surface area contributed by atoms with Crippen molar-refractivity contribution >= 4 is 22.9 Å². The van der Waals surface area contributed by atoms with Gasteiger partial charge < -0.3 is 31.1 Å². The molecule has 5 aromatic rings. The molecule has 2 saturated carbocycles. The molecule has 0 aliphatic heterocycles. The van der Waals surface area contributed by atoms with Crippen LogP contribution in [0.15, 0.2) is 85.5 Å². The summed E-state index contributed by atoms with van der Waals surface area (Å²) in [6.45, 7) is 0.594. The van der Waals surface area contributed by atoms with E-state index in [1.54, 1.807) is 17.2 Å². The number of hydrogen-bond donors (Lipinski definition) is 5. The molecule has 2 aliphatic rings. The minimum absolute atomic E-state index is 0.0855. The highest BCUT2D eigenvalue weighted by molar-refractivity contribution is 5.84. The molecule has 2 aromatic carbocycles. The van der Waals surface area contributed by atoms with Crippen molar-refractivity contribution in [2.24, 2.45) is 5.73 Å². The Morgan fingerprint density at radius 2 is 1.55 bits per heavy atom. The van der Waals surface area contributed by atoms with Gasteiger partial charge in [-0.25, -0.2) is 4.98 Å². The van der Waals surface area contributed by atoms with E-state index in [2.05, 4.69) is 64.3 Å². The van der Waals surface area contributed by atoms with E-state index in [1.165, 1.54) is 11.1 Å². The first kappa shape index (κ1) is 28.5. The van der Waals surface area contributed by atoms with Crippen LogP contribution in [-0.2, 0) is 0 Å². The van der Waals surface area contributed by atoms with Gasteiger partial charge in [0.25, 0.3) is 0 Å². The SMILES string of the molecule is NC1CCC(Nc2nc(NCC(c3ccccc3)c3ccccc3)c3ncn([C@@H]4CC(n5cccn5)[C@@H](O)[C@H]4O)c3n2)CC1. The van der Waals surface area contributed by atoms with Crippen molar-refractivity contribution < 1.29 is 10.2 Å². The monoisotopic (exact) mass is 593 g/mol. The second-order valence-electron chi connectivity index (χ2n) is 12.1. The summed E-state index contributed by atoms with van der Waals surface area (Å²) in [6.07, 6.45) is 7.51. The van der Waals surface area contributed by atoms with Gasteiger partial charge in [-0.2, -0.15) is 15.1 Å². The summed E-state index contributed by atoms with van der Waals surface area (Å²) < 4.78 is 3.59. The van der Waals surface area contributed by atoms with E-state index in [9.17, 15) is 10.2 Å². The summed E-state index contributed by atoms with van der Waals surface area (Å²) in [5.41, 5.74) is 9.79. The standard InChI is InChI=1S/C33H39N9O2/c34-23-12-14-24(15-13-23)38-33-39-31(35-19-25(21-8-3-1-4-9-21)22-10-5-2-6-11-22)28-32(40-33)41(20-36-28)26-18-27(30(44)29(26)43)42-17-7-16-37-42/h1-11,16-17,20,23-27,29-30,43-44H,12-15,18-19,34H2,(H2,35,38,39,40)/t23?,24?,26-,27?,29+,30-/m1/s1. The van der Waals surface area contributed by atoms with Crippen LogP contribution >= 0.6 is 0 Å². The van der Waals surface area contributed by atoms with Gasteiger partial charge in [0, 0.05) is 36.9 Å². The predicted octanol–water partition coefficient (Wildman–Crippen LogP) is 3.86. The third-order valence-corrected chi connectivity index (χ3v) is 9.25. The van der Waals surface area contributed by atoms with Gasteiger partial charge in [-0.1, -0.05) is 60.7 Å². The fraction of sp³-hybridized carbons (Fsp3) is 0.394. The Hall–Kier alpha value is -4.32. The van der Waals surface area contributed by atoms with Gasteiger partial charge in [-0.15, -0.1) is 0 Å². The smallest absolute Gasteiger partial charge is 0.227 e. The largest absolute Gasteiger partial charge is 0.388 e. The molecule has 0 bridgehead atoms. The van der Waals surface area contributed by atoms with E-state index < -0.39 is 18.2 Å². The Labute approximate surface area is 256 Å². The second-order valence-corrected chi connectivity index (χ2v) is 12.1. The molecule has 0 amide bonds. The molecule has 0 spiro atoms. The van der Waals surface area contributed by atoms with Crippen molar-refractivity contribution in [2.45, 2.75) is 74.4 Å². The van der Waals surface area contributed by atoms with Gasteiger partial charge in [0.1, 0.15) is 12.2 Å². The first-order chi connectivity index (χ1) is 21.5. The number of benzene rings is 2. The number of anilines is 2. The molecule has 6 N–H and O–H groups in total. The lowest BCUT2D eigenvalue weighted by atomic mass is 9.91. The topological polar surface area (TPSA) is 152 Å². The average Bonchev–Trinajstić information content (AvgIpc) is 3.80. The molecule has 11 nitrogen and oxygen atoms in total. The first-order valence-electron chi connectivity index (χ1n) is 15.5. The van der Waals surface area contributed by atoms with Crippen LogP contribution in [0.2, 0.25) is 0 Å². The highest BCUT2D eigenvalue weighted by Crippen LogP contribution is 2.40. The minimum Gasteiger partial charge on any atom is -0.388 e. The number of aliphatic hydroxyl groups excluding tert-OH is 2. The van der Waals surface area contributed by atoms with Gasteiger partial charge in [-0.05, 0) is 49.3 Å². The summed E-state index contributed by atoms with van der Waals surface area (Å²) in [6, 6.07) is 22.4. The second kappa shape index (κ2) is 12.4. The summed E-state index contributed by atoms with van der Waals surface area (Å²) in [7, 11) is 0. The molecule has 3 aromatic heterocycles. The Morgan fingerprint density at radius 3 is 2.20 bits per heavy atom. The maximum Gasteiger partial charge on any atom is 0.227 e. The van der Waals surface area contributed by atoms with E-state index in [1.807, 2.05) is 29.0 Å². The molecule has 44 heavy (non-hydrogen) atoms. The highest BCUT2D eigenvalue weighted by atomic mass is 16.3. The quantitative estimate of drug-likeness (QED) is 0.172. The third kappa shape index (κ3) is 5.66. The van der Waals surface area contributed by atoms with E-state index in [0.717, 1.165) is 25.7 Å². The van der Waals surface area contributed by atoms with Crippen LogP contribution in [0.25, 0.3) is 11.2 Å². The van der Waals surface area contributed by atoms with Gasteiger partial charge in [0.15, 0.2) is 17.0 Å². The Balaban J connectivity index is 1.23. The molecule has 7 rings (SSSR count). The van der Waals surface area contributed by atoms with E-state index in [4.69, 9.17) is 20.7 Å². The highest BCUT2D eigenvalue weighted by Gasteiger charge is 2.44. The van der Waals surface area contributed by atoms with Crippen molar-refractivity contribution in [2.75, 3.05) is 17.2 Å². The molecule has 0 radical (unpaired) electrons. The van der Waals surface area contributed by atoms with Crippen LogP contribution in [0, 0.1) is 0 Å². The van der Waals surface area contributed by atoms with Crippen molar-refractivity contribution in [3.8, 4) is 0 Å². The van der Waals surface area contributed by atoms with Crippen LogP contribution in [0.4, 0.5) is 11.8 Å². The zero-order valence-electron chi connectivity index (χ0n) is 24.5. The lowest BCUT2D eigenvalue weighted by molar-refractivity contribution is 0.00722. The molecular formula is C33H39N9O2. The number of hydrogen-bond acceptors (Lipinski definition) is 9. The average molecular weight is 594 g/mol. The molecule has 4 atom stereocenters. The maximum absolute atomic E-state index is 11.2. The van der Waals surface area contributed by atoms with Gasteiger partial charge in [-0.3, -0.25) is 4.68 Å². The van der Waals surface area contributed by atoms with E-state index in [0.29, 0.717) is 35.9 Å². The van der Waals surface area contributed by atoms with Crippen molar-refractivity contribution in [3.63, 3.8) is 0 Å². The number of aliphatic hydroxyl groups is 2. The molecule has 228 valence electrons. The lowest BCUT2D eigenvalue weighted by Gasteiger charge is -2.27. The number of nitrogens with zero attached hydrogens (tertiary/aromatic N) is 6. The van der Waals surface area contributed by atoms with Crippen LogP contribution in [-0.4, -0.2) is 70.3 Å².